The van der Waals surface area contributed by atoms with Crippen molar-refractivity contribution in [1.29, 1.82) is 0 Å². The molecule has 36 heavy (non-hydrogen) atoms. The van der Waals surface area contributed by atoms with Gasteiger partial charge in [-0.25, -0.2) is 0 Å². The van der Waals surface area contributed by atoms with Gasteiger partial charge >= 0.3 is 0 Å². The van der Waals surface area contributed by atoms with Crippen molar-refractivity contribution in [1.82, 2.24) is 0 Å². The van der Waals surface area contributed by atoms with Crippen molar-refractivity contribution in [2.45, 2.75) is 24.2 Å². The summed E-state index contributed by atoms with van der Waals surface area (Å²) in [6.45, 7) is 0. The minimum atomic E-state index is 0.107. The third-order valence-electron chi connectivity index (χ3n) is 7.37. The Hall–Kier alpha value is -3.92. The fourth-order valence-electron chi connectivity index (χ4n) is 5.76. The van der Waals surface area contributed by atoms with Gasteiger partial charge in [-0.3, -0.25) is 0 Å². The lowest BCUT2D eigenvalue weighted by atomic mass is 9.76. The van der Waals surface area contributed by atoms with Crippen LogP contribution in [0.4, 0.5) is 0 Å². The van der Waals surface area contributed by atoms with Crippen molar-refractivity contribution in [2.75, 3.05) is 28.4 Å². The molecule has 0 aliphatic heterocycles. The van der Waals surface area contributed by atoms with Gasteiger partial charge in [0.15, 0.2) is 23.0 Å². The molecular weight excluding hydrogens is 448 g/mol. The Kier molecular flexibility index (Phi) is 6.86. The zero-order valence-corrected chi connectivity index (χ0v) is 21.2. The van der Waals surface area contributed by atoms with Crippen LogP contribution in [0, 0.1) is 0 Å². The van der Waals surface area contributed by atoms with E-state index in [0.29, 0.717) is 0 Å². The minimum absolute atomic E-state index is 0.107. The summed E-state index contributed by atoms with van der Waals surface area (Å²) in [5, 5.41) is 0. The average molecular weight is 481 g/mol. The highest BCUT2D eigenvalue weighted by Crippen LogP contribution is 2.58. The van der Waals surface area contributed by atoms with E-state index >= 15 is 0 Å². The van der Waals surface area contributed by atoms with Crippen LogP contribution in [0.25, 0.3) is 0 Å². The van der Waals surface area contributed by atoms with Gasteiger partial charge in [-0.05, 0) is 64.4 Å². The molecule has 184 valence electrons. The number of benzene rings is 4. The number of methoxy groups -OCH3 is 4. The molecule has 3 atom stereocenters. The van der Waals surface area contributed by atoms with Crippen LogP contribution in [0.1, 0.15) is 45.6 Å². The van der Waals surface area contributed by atoms with Crippen LogP contribution in [0.3, 0.4) is 0 Å². The molecule has 0 saturated heterocycles. The summed E-state index contributed by atoms with van der Waals surface area (Å²) in [6, 6.07) is 32.2. The number of ether oxygens (including phenoxy) is 4. The molecule has 0 bridgehead atoms. The molecule has 0 spiro atoms. The van der Waals surface area contributed by atoms with Gasteiger partial charge in [-0.2, -0.15) is 0 Å². The van der Waals surface area contributed by atoms with Gasteiger partial charge in [0.1, 0.15) is 0 Å². The highest BCUT2D eigenvalue weighted by molar-refractivity contribution is 5.59. The predicted octanol–water partition coefficient (Wildman–Crippen LogP) is 6.98. The van der Waals surface area contributed by atoms with Crippen molar-refractivity contribution in [3.8, 4) is 23.0 Å². The number of hydrogen-bond acceptors (Lipinski definition) is 4. The second kappa shape index (κ2) is 10.4. The van der Waals surface area contributed by atoms with Crippen LogP contribution in [0.5, 0.6) is 23.0 Å². The lowest BCUT2D eigenvalue weighted by molar-refractivity contribution is 0.353. The molecule has 0 radical (unpaired) electrons. The minimum Gasteiger partial charge on any atom is -0.493 e. The van der Waals surface area contributed by atoms with Crippen molar-refractivity contribution >= 4 is 0 Å². The first-order valence-electron chi connectivity index (χ1n) is 12.2. The first kappa shape index (κ1) is 23.8. The first-order valence-corrected chi connectivity index (χ1v) is 12.2. The van der Waals surface area contributed by atoms with E-state index in [2.05, 4.69) is 84.9 Å². The maximum Gasteiger partial charge on any atom is 0.161 e. The molecule has 0 amide bonds. The summed E-state index contributed by atoms with van der Waals surface area (Å²) in [5.41, 5.74) is 6.37. The second-order valence-corrected chi connectivity index (χ2v) is 9.16. The third-order valence-corrected chi connectivity index (χ3v) is 7.37. The van der Waals surface area contributed by atoms with E-state index < -0.39 is 0 Å². The van der Waals surface area contributed by atoms with Gasteiger partial charge in [0.25, 0.3) is 0 Å². The highest BCUT2D eigenvalue weighted by Gasteiger charge is 2.43. The summed E-state index contributed by atoms with van der Waals surface area (Å²) in [6.07, 6.45) is 0.923. The Morgan fingerprint density at radius 1 is 0.528 bits per heavy atom. The third kappa shape index (κ3) is 4.28. The number of rotatable bonds is 8. The Morgan fingerprint density at radius 3 is 1.69 bits per heavy atom. The van der Waals surface area contributed by atoms with E-state index in [4.69, 9.17) is 18.9 Å². The van der Waals surface area contributed by atoms with Crippen molar-refractivity contribution in [2.24, 2.45) is 0 Å². The fraction of sp³-hybridized carbons (Fsp3) is 0.250. The second-order valence-electron chi connectivity index (χ2n) is 9.16. The first-order chi connectivity index (χ1) is 17.7. The van der Waals surface area contributed by atoms with Gasteiger partial charge in [0, 0.05) is 11.8 Å². The quantitative estimate of drug-likeness (QED) is 0.273. The highest BCUT2D eigenvalue weighted by atomic mass is 16.5. The van der Waals surface area contributed by atoms with Gasteiger partial charge < -0.3 is 18.9 Å². The topological polar surface area (TPSA) is 36.9 Å². The lowest BCUT2D eigenvalue weighted by Crippen LogP contribution is -2.14. The molecule has 5 rings (SSSR count). The van der Waals surface area contributed by atoms with Crippen LogP contribution in [0.2, 0.25) is 0 Å². The molecule has 4 aromatic rings. The maximum absolute atomic E-state index is 5.75. The predicted molar refractivity (Wildman–Crippen MR) is 143 cm³/mol. The molecular formula is C32H32O4. The lowest BCUT2D eigenvalue weighted by Gasteiger charge is -2.27. The van der Waals surface area contributed by atoms with Gasteiger partial charge in [0.2, 0.25) is 0 Å². The standard InChI is InChI=1S/C32H32O4/c1-33-27-16-15-23(18-28(27)34-2)32-26-20-30(36-4)29(35-3)19-24(26)25(17-21-11-7-5-8-12-21)31(32)22-13-9-6-10-14-22/h5-16,18-20,25,31-32H,17H2,1-4H3/t25-,31-,32-/m0/s1. The number of hydrogen-bond donors (Lipinski definition) is 0. The molecule has 0 saturated carbocycles. The van der Waals surface area contributed by atoms with Crippen LogP contribution in [-0.2, 0) is 6.42 Å². The van der Waals surface area contributed by atoms with Crippen LogP contribution in [0.15, 0.2) is 91.0 Å². The Morgan fingerprint density at radius 2 is 1.08 bits per heavy atom. The summed E-state index contributed by atoms with van der Waals surface area (Å²) in [5.74, 6) is 3.54. The summed E-state index contributed by atoms with van der Waals surface area (Å²) in [4.78, 5) is 0. The van der Waals surface area contributed by atoms with Crippen molar-refractivity contribution in [3.05, 3.63) is 119 Å². The van der Waals surface area contributed by atoms with E-state index in [1.165, 1.54) is 27.8 Å². The van der Waals surface area contributed by atoms with E-state index in [9.17, 15) is 0 Å². The Labute approximate surface area is 213 Å². The molecule has 4 aromatic carbocycles. The molecule has 0 aromatic heterocycles. The SMILES string of the molecule is COc1ccc([C@H]2c3cc(OC)c(OC)cc3[C@H](Cc3ccccc3)[C@@H]2c2ccccc2)cc1OC. The van der Waals surface area contributed by atoms with E-state index in [-0.39, 0.29) is 17.8 Å². The molecule has 1 aliphatic carbocycles. The van der Waals surface area contributed by atoms with E-state index in [0.717, 1.165) is 29.4 Å². The van der Waals surface area contributed by atoms with Gasteiger partial charge in [-0.1, -0.05) is 66.7 Å². The summed E-state index contributed by atoms with van der Waals surface area (Å²) >= 11 is 0. The Bertz CT molecular complexity index is 1320. The monoisotopic (exact) mass is 480 g/mol. The van der Waals surface area contributed by atoms with E-state index in [1.54, 1.807) is 28.4 Å². The van der Waals surface area contributed by atoms with Crippen LogP contribution in [-0.4, -0.2) is 28.4 Å². The van der Waals surface area contributed by atoms with Crippen LogP contribution < -0.4 is 18.9 Å². The zero-order valence-electron chi connectivity index (χ0n) is 21.2. The number of fused-ring (bicyclic) bond motifs is 1. The Balaban J connectivity index is 1.75. The van der Waals surface area contributed by atoms with Crippen LogP contribution >= 0.6 is 0 Å². The maximum atomic E-state index is 5.75. The molecule has 0 fully saturated rings. The fourth-order valence-corrected chi connectivity index (χ4v) is 5.76. The molecule has 0 unspecified atom stereocenters. The largest absolute Gasteiger partial charge is 0.493 e. The van der Waals surface area contributed by atoms with Crippen molar-refractivity contribution in [3.63, 3.8) is 0 Å². The molecule has 0 N–H and O–H groups in total. The normalized spacial score (nSPS) is 18.4. The molecule has 4 heteroatoms. The smallest absolute Gasteiger partial charge is 0.161 e. The van der Waals surface area contributed by atoms with E-state index in [1.807, 2.05) is 6.07 Å². The summed E-state index contributed by atoms with van der Waals surface area (Å²) in [7, 11) is 6.75. The summed E-state index contributed by atoms with van der Waals surface area (Å²) < 4.78 is 22.7. The van der Waals surface area contributed by atoms with Crippen molar-refractivity contribution < 1.29 is 18.9 Å². The zero-order chi connectivity index (χ0) is 25.1. The van der Waals surface area contributed by atoms with Gasteiger partial charge in [-0.15, -0.1) is 0 Å². The molecule has 0 heterocycles. The molecule has 1 aliphatic rings. The molecule has 4 nitrogen and oxygen atoms in total. The average Bonchev–Trinajstić information content (AvgIpc) is 3.25. The van der Waals surface area contributed by atoms with Gasteiger partial charge in [0.05, 0.1) is 28.4 Å².